The van der Waals surface area contributed by atoms with Crippen LogP contribution < -0.4 is 0 Å². The van der Waals surface area contributed by atoms with Gasteiger partial charge in [0.25, 0.3) is 0 Å². The minimum absolute atomic E-state index is 0.153. The van der Waals surface area contributed by atoms with Gasteiger partial charge in [0.2, 0.25) is 0 Å². The number of hydrogen-bond acceptors (Lipinski definition) is 2. The van der Waals surface area contributed by atoms with Gasteiger partial charge in [0.15, 0.2) is 0 Å². The molecule has 0 aromatic rings. The van der Waals surface area contributed by atoms with E-state index in [0.717, 1.165) is 6.42 Å². The molecule has 0 spiro atoms. The normalized spacial score (nSPS) is 48.3. The van der Waals surface area contributed by atoms with E-state index in [-0.39, 0.29) is 11.8 Å². The Hall–Kier alpha value is -0.660. The van der Waals surface area contributed by atoms with Crippen molar-refractivity contribution in [1.82, 2.24) is 0 Å². The van der Waals surface area contributed by atoms with Crippen molar-refractivity contribution in [3.05, 3.63) is 0 Å². The van der Waals surface area contributed by atoms with Gasteiger partial charge in [-0.2, -0.15) is 0 Å². The molecular weight excluding hydrogens is 164 g/mol. The lowest BCUT2D eigenvalue weighted by Gasteiger charge is -2.32. The third-order valence-electron chi connectivity index (χ3n) is 4.28. The highest BCUT2D eigenvalue weighted by Crippen LogP contribution is 2.54. The van der Waals surface area contributed by atoms with Gasteiger partial charge < -0.3 is 0 Å². The fraction of sp³-hybridized carbons (Fsp3) is 0.818. The molecular formula is C11H14O2. The molecule has 3 fully saturated rings. The molecule has 3 aliphatic carbocycles. The summed E-state index contributed by atoms with van der Waals surface area (Å²) in [6.07, 6.45) is 4.62. The SMILES string of the molecule is O=C1CCC(=O)C2C3CCC(C3)C12. The van der Waals surface area contributed by atoms with Crippen molar-refractivity contribution in [2.45, 2.75) is 32.1 Å². The first-order valence-corrected chi connectivity index (χ1v) is 5.33. The van der Waals surface area contributed by atoms with Crippen LogP contribution in [-0.2, 0) is 9.59 Å². The maximum atomic E-state index is 11.7. The highest BCUT2D eigenvalue weighted by Gasteiger charge is 2.54. The molecule has 0 aliphatic heterocycles. The summed E-state index contributed by atoms with van der Waals surface area (Å²) in [5, 5.41) is 0. The van der Waals surface area contributed by atoms with Crippen LogP contribution in [0.25, 0.3) is 0 Å². The summed E-state index contributed by atoms with van der Waals surface area (Å²) in [6.45, 7) is 0. The first-order valence-electron chi connectivity index (χ1n) is 5.33. The molecule has 2 heteroatoms. The van der Waals surface area contributed by atoms with Crippen LogP contribution in [0.4, 0.5) is 0 Å². The first-order chi connectivity index (χ1) is 6.27. The highest BCUT2D eigenvalue weighted by atomic mass is 16.1. The lowest BCUT2D eigenvalue weighted by atomic mass is 9.69. The van der Waals surface area contributed by atoms with E-state index >= 15 is 0 Å². The van der Waals surface area contributed by atoms with E-state index < -0.39 is 0 Å². The number of rotatable bonds is 0. The minimum Gasteiger partial charge on any atom is -0.299 e. The molecule has 0 N–H and O–H groups in total. The van der Waals surface area contributed by atoms with Gasteiger partial charge in [-0.3, -0.25) is 9.59 Å². The molecule has 2 nitrogen and oxygen atoms in total. The number of Topliss-reactive ketones (excluding diaryl/α,β-unsaturated/α-hetero) is 2. The Bertz CT molecular complexity index is 254. The second-order valence-corrected chi connectivity index (χ2v) is 4.82. The Morgan fingerprint density at radius 2 is 1.31 bits per heavy atom. The smallest absolute Gasteiger partial charge is 0.137 e. The fourth-order valence-electron chi connectivity index (χ4n) is 3.80. The molecule has 0 radical (unpaired) electrons. The van der Waals surface area contributed by atoms with Crippen LogP contribution >= 0.6 is 0 Å². The van der Waals surface area contributed by atoms with Gasteiger partial charge in [0.1, 0.15) is 11.6 Å². The lowest BCUT2D eigenvalue weighted by molar-refractivity contribution is -0.139. The zero-order valence-corrected chi connectivity index (χ0v) is 7.66. The van der Waals surface area contributed by atoms with Crippen molar-refractivity contribution < 1.29 is 9.59 Å². The van der Waals surface area contributed by atoms with Crippen molar-refractivity contribution >= 4 is 11.6 Å². The summed E-state index contributed by atoms with van der Waals surface area (Å²) in [5.41, 5.74) is 0. The molecule has 4 unspecified atom stereocenters. The van der Waals surface area contributed by atoms with Crippen LogP contribution in [0.3, 0.4) is 0 Å². The molecule has 0 amide bonds. The summed E-state index contributed by atoms with van der Waals surface area (Å²) >= 11 is 0. The van der Waals surface area contributed by atoms with Gasteiger partial charge in [-0.15, -0.1) is 0 Å². The van der Waals surface area contributed by atoms with Crippen LogP contribution in [0.2, 0.25) is 0 Å². The molecule has 3 aliphatic rings. The third kappa shape index (κ3) is 0.890. The van der Waals surface area contributed by atoms with Crippen molar-refractivity contribution in [3.63, 3.8) is 0 Å². The van der Waals surface area contributed by atoms with Crippen LogP contribution in [0.15, 0.2) is 0 Å². The Morgan fingerprint density at radius 3 is 1.77 bits per heavy atom. The first kappa shape index (κ1) is 7.72. The minimum atomic E-state index is 0.153. The summed E-state index contributed by atoms with van der Waals surface area (Å²) in [7, 11) is 0. The van der Waals surface area contributed by atoms with Gasteiger partial charge in [0.05, 0.1) is 0 Å². The second kappa shape index (κ2) is 2.43. The van der Waals surface area contributed by atoms with Crippen LogP contribution in [0.5, 0.6) is 0 Å². The number of carbonyl (C=O) groups excluding carboxylic acids is 2. The van der Waals surface area contributed by atoms with Crippen molar-refractivity contribution in [1.29, 1.82) is 0 Å². The highest BCUT2D eigenvalue weighted by molar-refractivity contribution is 5.97. The maximum Gasteiger partial charge on any atom is 0.137 e. The Balaban J connectivity index is 1.98. The Kier molecular flexibility index (Phi) is 1.44. The predicted octanol–water partition coefficient (Wildman–Crippen LogP) is 1.58. The standard InChI is InChI=1S/C11H14O2/c12-8-3-4-9(13)11-7-2-1-6(5-7)10(8)11/h6-7,10-11H,1-5H2. The largest absolute Gasteiger partial charge is 0.299 e. The van der Waals surface area contributed by atoms with E-state index in [9.17, 15) is 9.59 Å². The van der Waals surface area contributed by atoms with Crippen LogP contribution in [-0.4, -0.2) is 11.6 Å². The summed E-state index contributed by atoms with van der Waals surface area (Å²) in [6, 6.07) is 0. The quantitative estimate of drug-likeness (QED) is 0.564. The molecule has 3 saturated carbocycles. The van der Waals surface area contributed by atoms with E-state index in [2.05, 4.69) is 0 Å². The van der Waals surface area contributed by atoms with Crippen LogP contribution in [0.1, 0.15) is 32.1 Å². The molecule has 70 valence electrons. The van der Waals surface area contributed by atoms with Gasteiger partial charge in [-0.1, -0.05) is 0 Å². The molecule has 0 heterocycles. The van der Waals surface area contributed by atoms with Crippen molar-refractivity contribution in [2.75, 3.05) is 0 Å². The van der Waals surface area contributed by atoms with E-state index in [4.69, 9.17) is 0 Å². The molecule has 0 aromatic heterocycles. The van der Waals surface area contributed by atoms with E-state index in [1.165, 1.54) is 12.8 Å². The molecule has 0 aromatic carbocycles. The monoisotopic (exact) mass is 178 g/mol. The van der Waals surface area contributed by atoms with E-state index in [1.54, 1.807) is 0 Å². The number of hydrogen-bond donors (Lipinski definition) is 0. The number of ketones is 2. The van der Waals surface area contributed by atoms with E-state index in [0.29, 0.717) is 36.2 Å². The van der Waals surface area contributed by atoms with Gasteiger partial charge in [0, 0.05) is 24.7 Å². The van der Waals surface area contributed by atoms with Crippen molar-refractivity contribution in [3.8, 4) is 0 Å². The third-order valence-corrected chi connectivity index (χ3v) is 4.28. The number of fused-ring (bicyclic) bond motifs is 5. The van der Waals surface area contributed by atoms with Gasteiger partial charge in [-0.25, -0.2) is 0 Å². The van der Waals surface area contributed by atoms with E-state index in [1.807, 2.05) is 0 Å². The molecule has 4 atom stereocenters. The summed E-state index contributed by atoms with van der Waals surface area (Å²) in [4.78, 5) is 23.3. The zero-order chi connectivity index (χ0) is 9.00. The van der Waals surface area contributed by atoms with Gasteiger partial charge in [-0.05, 0) is 31.1 Å². The molecule has 13 heavy (non-hydrogen) atoms. The molecule has 0 saturated heterocycles. The summed E-state index contributed by atoms with van der Waals surface area (Å²) in [5.74, 6) is 2.23. The molecule has 2 bridgehead atoms. The Labute approximate surface area is 77.7 Å². The second-order valence-electron chi connectivity index (χ2n) is 4.82. The number of carbonyl (C=O) groups is 2. The topological polar surface area (TPSA) is 34.1 Å². The average Bonchev–Trinajstić information content (AvgIpc) is 2.70. The average molecular weight is 178 g/mol. The van der Waals surface area contributed by atoms with Crippen LogP contribution in [0, 0.1) is 23.7 Å². The Morgan fingerprint density at radius 1 is 0.846 bits per heavy atom. The zero-order valence-electron chi connectivity index (χ0n) is 7.66. The fourth-order valence-corrected chi connectivity index (χ4v) is 3.80. The van der Waals surface area contributed by atoms with Crippen molar-refractivity contribution in [2.24, 2.45) is 23.7 Å². The molecule has 3 rings (SSSR count). The van der Waals surface area contributed by atoms with Gasteiger partial charge >= 0.3 is 0 Å². The predicted molar refractivity (Wildman–Crippen MR) is 47.1 cm³/mol. The lowest BCUT2D eigenvalue weighted by Crippen LogP contribution is -2.39. The maximum absolute atomic E-state index is 11.7. The summed E-state index contributed by atoms with van der Waals surface area (Å²) < 4.78 is 0.